The van der Waals surface area contributed by atoms with E-state index in [0.29, 0.717) is 9.93 Å². The van der Waals surface area contributed by atoms with Crippen LogP contribution < -0.4 is 5.32 Å². The fraction of sp³-hybridized carbons (Fsp3) is 0. The van der Waals surface area contributed by atoms with Gasteiger partial charge < -0.3 is 0 Å². The van der Waals surface area contributed by atoms with Crippen LogP contribution >= 0.6 is 23.4 Å². The van der Waals surface area contributed by atoms with Crippen LogP contribution in [0.5, 0.6) is 0 Å². The van der Waals surface area contributed by atoms with E-state index >= 15 is 0 Å². The summed E-state index contributed by atoms with van der Waals surface area (Å²) in [6, 6.07) is 7.31. The zero-order valence-electron chi connectivity index (χ0n) is 10.0. The van der Waals surface area contributed by atoms with Gasteiger partial charge in [0.05, 0.1) is 21.8 Å². The van der Waals surface area contributed by atoms with Gasteiger partial charge in [-0.05, 0) is 30.0 Å². The molecule has 20 heavy (non-hydrogen) atoms. The van der Waals surface area contributed by atoms with Gasteiger partial charge in [-0.15, -0.1) is 0 Å². The lowest BCUT2D eigenvalue weighted by Gasteiger charge is -2.02. The summed E-state index contributed by atoms with van der Waals surface area (Å²) in [7, 11) is 0. The minimum absolute atomic E-state index is 0.355. The average molecular weight is 306 g/mol. The lowest BCUT2D eigenvalue weighted by atomic mass is 10.3. The first-order valence-corrected chi connectivity index (χ1v) is 6.87. The Bertz CT molecular complexity index is 739. The van der Waals surface area contributed by atoms with Crippen LogP contribution in [-0.4, -0.2) is 20.9 Å². The molecule has 1 N–H and O–H groups in total. The van der Waals surface area contributed by atoms with E-state index < -0.39 is 0 Å². The summed E-state index contributed by atoms with van der Waals surface area (Å²) in [5.74, 6) is -0.384. The second kappa shape index (κ2) is 5.15. The van der Waals surface area contributed by atoms with Gasteiger partial charge in [-0.3, -0.25) is 14.9 Å². The van der Waals surface area contributed by atoms with Crippen molar-refractivity contribution in [3.63, 3.8) is 0 Å². The van der Waals surface area contributed by atoms with E-state index in [1.54, 1.807) is 29.2 Å². The lowest BCUT2D eigenvalue weighted by Crippen LogP contribution is -2.17. The number of carbonyl (C=O) groups excluding carboxylic acids is 2. The number of hydrogen-bond acceptors (Lipinski definition) is 4. The molecule has 2 amide bonds. The van der Waals surface area contributed by atoms with Crippen molar-refractivity contribution in [1.29, 1.82) is 0 Å². The molecule has 0 bridgehead atoms. The molecule has 100 valence electrons. The van der Waals surface area contributed by atoms with Crippen molar-refractivity contribution in [3.8, 4) is 5.69 Å². The number of thioether (sulfide) groups is 1. The summed E-state index contributed by atoms with van der Waals surface area (Å²) < 4.78 is 1.62. The van der Waals surface area contributed by atoms with Crippen LogP contribution in [0.2, 0.25) is 5.02 Å². The molecule has 5 nitrogen and oxygen atoms in total. The molecule has 0 unspecified atom stereocenters. The zero-order valence-corrected chi connectivity index (χ0v) is 11.6. The van der Waals surface area contributed by atoms with Crippen molar-refractivity contribution in [2.45, 2.75) is 0 Å². The van der Waals surface area contributed by atoms with Gasteiger partial charge in [-0.25, -0.2) is 4.68 Å². The van der Waals surface area contributed by atoms with Crippen molar-refractivity contribution >= 4 is 40.6 Å². The molecule has 1 aromatic heterocycles. The Kier molecular flexibility index (Phi) is 3.33. The molecule has 0 aliphatic carbocycles. The van der Waals surface area contributed by atoms with Gasteiger partial charge in [0.25, 0.3) is 11.1 Å². The normalized spacial score (nSPS) is 16.8. The highest BCUT2D eigenvalue weighted by molar-refractivity contribution is 8.18. The highest BCUT2D eigenvalue weighted by Crippen LogP contribution is 2.26. The summed E-state index contributed by atoms with van der Waals surface area (Å²) in [5.41, 5.74) is 1.47. The number of carbonyl (C=O) groups is 2. The van der Waals surface area contributed by atoms with Crippen LogP contribution in [0.1, 0.15) is 5.56 Å². The molecule has 1 aliphatic heterocycles. The Morgan fingerprint density at radius 3 is 2.80 bits per heavy atom. The number of rotatable bonds is 2. The minimum Gasteiger partial charge on any atom is -0.282 e. The van der Waals surface area contributed by atoms with Crippen LogP contribution in [-0.2, 0) is 4.79 Å². The zero-order chi connectivity index (χ0) is 14.1. The molecule has 1 aromatic carbocycles. The number of aromatic nitrogens is 2. The molecule has 7 heteroatoms. The number of nitrogens with one attached hydrogen (secondary N) is 1. The molecule has 0 radical (unpaired) electrons. The lowest BCUT2D eigenvalue weighted by molar-refractivity contribution is -0.115. The third-order valence-electron chi connectivity index (χ3n) is 2.64. The van der Waals surface area contributed by atoms with Crippen molar-refractivity contribution in [2.24, 2.45) is 0 Å². The van der Waals surface area contributed by atoms with Crippen molar-refractivity contribution in [1.82, 2.24) is 15.1 Å². The first kappa shape index (κ1) is 13.0. The maximum absolute atomic E-state index is 11.5. The molecule has 2 aromatic rings. The fourth-order valence-corrected chi connectivity index (χ4v) is 2.66. The van der Waals surface area contributed by atoms with E-state index in [9.17, 15) is 9.59 Å². The number of benzene rings is 1. The minimum atomic E-state index is -0.384. The maximum atomic E-state index is 11.5. The molecule has 1 fully saturated rings. The first-order chi connectivity index (χ1) is 9.63. The molecule has 1 aliphatic rings. The predicted octanol–water partition coefficient (Wildman–Crippen LogP) is 2.85. The van der Waals surface area contributed by atoms with Gasteiger partial charge in [0.15, 0.2) is 0 Å². The third kappa shape index (κ3) is 2.48. The highest BCUT2D eigenvalue weighted by Gasteiger charge is 2.25. The summed E-state index contributed by atoms with van der Waals surface area (Å²) >= 11 is 6.97. The van der Waals surface area contributed by atoms with E-state index in [1.807, 2.05) is 18.2 Å². The quantitative estimate of drug-likeness (QED) is 0.867. The largest absolute Gasteiger partial charge is 0.290 e. The summed E-state index contributed by atoms with van der Waals surface area (Å²) in [6.07, 6.45) is 4.96. The summed E-state index contributed by atoms with van der Waals surface area (Å²) in [4.78, 5) is 22.9. The molecule has 0 spiro atoms. The van der Waals surface area contributed by atoms with E-state index in [2.05, 4.69) is 10.4 Å². The van der Waals surface area contributed by atoms with E-state index in [0.717, 1.165) is 23.0 Å². The number of amides is 2. The van der Waals surface area contributed by atoms with Crippen molar-refractivity contribution in [2.75, 3.05) is 0 Å². The average Bonchev–Trinajstić information content (AvgIpc) is 2.98. The molecule has 0 saturated carbocycles. The second-order valence-corrected chi connectivity index (χ2v) is 5.44. The van der Waals surface area contributed by atoms with Gasteiger partial charge in [-0.2, -0.15) is 5.10 Å². The van der Waals surface area contributed by atoms with Gasteiger partial charge in [0.2, 0.25) is 0 Å². The smallest absolute Gasteiger partial charge is 0.282 e. The van der Waals surface area contributed by atoms with Gasteiger partial charge in [-0.1, -0.05) is 23.7 Å². The number of para-hydroxylation sites is 1. The van der Waals surface area contributed by atoms with Crippen molar-refractivity contribution < 1.29 is 9.59 Å². The standard InChI is InChI=1S/C13H8ClN3O2S/c14-9-3-1-2-4-10(9)17-7-8(6-15-17)5-11-12(18)16-13(19)20-11/h1-7H,(H,16,18,19)/b11-5-. The van der Waals surface area contributed by atoms with E-state index in [4.69, 9.17) is 11.6 Å². The van der Waals surface area contributed by atoms with Crippen LogP contribution in [0.25, 0.3) is 11.8 Å². The Hall–Kier alpha value is -2.05. The molecule has 2 heterocycles. The molecule has 3 rings (SSSR count). The van der Waals surface area contributed by atoms with Crippen LogP contribution in [0.3, 0.4) is 0 Å². The molecular weight excluding hydrogens is 298 g/mol. The summed E-state index contributed by atoms with van der Waals surface area (Å²) in [5, 5.41) is 6.62. The Balaban J connectivity index is 1.92. The van der Waals surface area contributed by atoms with Gasteiger partial charge in [0, 0.05) is 11.8 Å². The van der Waals surface area contributed by atoms with Gasteiger partial charge >= 0.3 is 0 Å². The second-order valence-electron chi connectivity index (χ2n) is 4.02. The number of hydrogen-bond donors (Lipinski definition) is 1. The molecule has 0 atom stereocenters. The van der Waals surface area contributed by atoms with Gasteiger partial charge in [0.1, 0.15) is 0 Å². The number of halogens is 1. The first-order valence-electron chi connectivity index (χ1n) is 5.68. The fourth-order valence-electron chi connectivity index (χ4n) is 1.75. The number of nitrogens with zero attached hydrogens (tertiary/aromatic N) is 2. The third-order valence-corrected chi connectivity index (χ3v) is 3.77. The summed E-state index contributed by atoms with van der Waals surface area (Å²) in [6.45, 7) is 0. The Morgan fingerprint density at radius 1 is 1.30 bits per heavy atom. The van der Waals surface area contributed by atoms with Crippen LogP contribution in [0.15, 0.2) is 41.6 Å². The predicted molar refractivity (Wildman–Crippen MR) is 77.7 cm³/mol. The molecular formula is C13H8ClN3O2S. The van der Waals surface area contributed by atoms with Crippen LogP contribution in [0, 0.1) is 0 Å². The molecule has 1 saturated heterocycles. The topological polar surface area (TPSA) is 64.0 Å². The Morgan fingerprint density at radius 2 is 2.10 bits per heavy atom. The van der Waals surface area contributed by atoms with E-state index in [1.165, 1.54) is 0 Å². The Labute approximate surface area is 123 Å². The highest BCUT2D eigenvalue weighted by atomic mass is 35.5. The van der Waals surface area contributed by atoms with E-state index in [-0.39, 0.29) is 11.1 Å². The SMILES string of the molecule is O=C1NC(=O)/C(=C/c2cnn(-c3ccccc3Cl)c2)S1. The monoisotopic (exact) mass is 305 g/mol. The van der Waals surface area contributed by atoms with Crippen LogP contribution in [0.4, 0.5) is 4.79 Å². The maximum Gasteiger partial charge on any atom is 0.290 e. The van der Waals surface area contributed by atoms with Crippen molar-refractivity contribution in [3.05, 3.63) is 52.2 Å². The number of imide groups is 1.